The van der Waals surface area contributed by atoms with Crippen molar-refractivity contribution in [3.63, 3.8) is 0 Å². The highest BCUT2D eigenvalue weighted by atomic mass is 32.2. The summed E-state index contributed by atoms with van der Waals surface area (Å²) in [6, 6.07) is 16.3. The van der Waals surface area contributed by atoms with Gasteiger partial charge in [-0.2, -0.15) is 4.31 Å². The Morgan fingerprint density at radius 2 is 1.81 bits per heavy atom. The number of carbonyl (C=O) groups excluding carboxylic acids is 1. The van der Waals surface area contributed by atoms with Gasteiger partial charge in [0.05, 0.1) is 4.90 Å². The van der Waals surface area contributed by atoms with Crippen molar-refractivity contribution in [1.29, 1.82) is 0 Å². The van der Waals surface area contributed by atoms with Crippen LogP contribution in [0.25, 0.3) is 0 Å². The van der Waals surface area contributed by atoms with Gasteiger partial charge in [0.1, 0.15) is 5.01 Å². The molecule has 1 N–H and O–H groups in total. The Balaban J connectivity index is 1.46. The summed E-state index contributed by atoms with van der Waals surface area (Å²) >= 11 is 1.22. The number of carbonyl (C=O) groups is 1. The van der Waals surface area contributed by atoms with Gasteiger partial charge in [-0.15, -0.1) is 10.2 Å². The van der Waals surface area contributed by atoms with Gasteiger partial charge < -0.3 is 5.32 Å². The highest BCUT2D eigenvalue weighted by Crippen LogP contribution is 2.32. The number of benzene rings is 2. The predicted octanol–water partition coefficient (Wildman–Crippen LogP) is 4.48. The molecule has 0 saturated carbocycles. The SMILES string of the molecule is CC(C)c1ccc(S(=O)(=O)N2CCC[C@H](c3nnc(C(=O)Nc4ccccc4)s3)C2)cc1. The Kier molecular flexibility index (Phi) is 6.68. The van der Waals surface area contributed by atoms with E-state index in [1.54, 1.807) is 24.3 Å². The Morgan fingerprint density at radius 1 is 1.09 bits per heavy atom. The first-order chi connectivity index (χ1) is 15.3. The van der Waals surface area contributed by atoms with Gasteiger partial charge in [0.15, 0.2) is 0 Å². The van der Waals surface area contributed by atoms with Crippen molar-refractivity contribution in [3.05, 3.63) is 70.2 Å². The third-order valence-corrected chi connectivity index (χ3v) is 8.55. The van der Waals surface area contributed by atoms with E-state index in [2.05, 4.69) is 29.4 Å². The van der Waals surface area contributed by atoms with Gasteiger partial charge in [0.25, 0.3) is 5.91 Å². The van der Waals surface area contributed by atoms with E-state index in [1.807, 2.05) is 30.3 Å². The number of nitrogens with one attached hydrogen (secondary N) is 1. The molecule has 0 unspecified atom stereocenters. The zero-order chi connectivity index (χ0) is 22.7. The Labute approximate surface area is 192 Å². The quantitative estimate of drug-likeness (QED) is 0.573. The molecule has 7 nitrogen and oxygen atoms in total. The van der Waals surface area contributed by atoms with Gasteiger partial charge in [-0.05, 0) is 48.6 Å². The molecule has 1 amide bonds. The molecule has 2 aromatic carbocycles. The lowest BCUT2D eigenvalue weighted by atomic mass is 10.0. The summed E-state index contributed by atoms with van der Waals surface area (Å²) in [7, 11) is -3.59. The molecule has 32 heavy (non-hydrogen) atoms. The molecule has 1 aliphatic rings. The number of piperidine rings is 1. The van der Waals surface area contributed by atoms with Crippen molar-refractivity contribution < 1.29 is 13.2 Å². The minimum absolute atomic E-state index is 0.0794. The first kappa shape index (κ1) is 22.6. The molecule has 0 bridgehead atoms. The van der Waals surface area contributed by atoms with Crippen molar-refractivity contribution in [2.24, 2.45) is 0 Å². The van der Waals surface area contributed by atoms with Gasteiger partial charge in [-0.3, -0.25) is 4.79 Å². The normalized spacial score (nSPS) is 17.4. The minimum Gasteiger partial charge on any atom is -0.320 e. The number of amides is 1. The van der Waals surface area contributed by atoms with Crippen molar-refractivity contribution in [1.82, 2.24) is 14.5 Å². The fourth-order valence-corrected chi connectivity index (χ4v) is 6.12. The largest absolute Gasteiger partial charge is 0.320 e. The van der Waals surface area contributed by atoms with E-state index in [0.29, 0.717) is 34.6 Å². The van der Waals surface area contributed by atoms with Crippen LogP contribution in [0, 0.1) is 0 Å². The van der Waals surface area contributed by atoms with Gasteiger partial charge >= 0.3 is 0 Å². The monoisotopic (exact) mass is 470 g/mol. The van der Waals surface area contributed by atoms with Crippen LogP contribution in [-0.4, -0.2) is 41.9 Å². The molecule has 1 atom stereocenters. The molecule has 0 spiro atoms. The molecule has 1 aromatic heterocycles. The van der Waals surface area contributed by atoms with Crippen molar-refractivity contribution in [2.75, 3.05) is 18.4 Å². The van der Waals surface area contributed by atoms with Crippen molar-refractivity contribution >= 4 is 33.0 Å². The molecule has 3 aromatic rings. The molecular weight excluding hydrogens is 444 g/mol. The number of aromatic nitrogens is 2. The molecule has 4 rings (SSSR count). The summed E-state index contributed by atoms with van der Waals surface area (Å²) in [5.74, 6) is -0.0495. The first-order valence-electron chi connectivity index (χ1n) is 10.6. The van der Waals surface area contributed by atoms with E-state index < -0.39 is 10.0 Å². The van der Waals surface area contributed by atoms with Crippen LogP contribution in [0.1, 0.15) is 58.9 Å². The van der Waals surface area contributed by atoms with Gasteiger partial charge in [-0.1, -0.05) is 55.5 Å². The van der Waals surface area contributed by atoms with Gasteiger partial charge in [-0.25, -0.2) is 8.42 Å². The van der Waals surface area contributed by atoms with Crippen LogP contribution in [-0.2, 0) is 10.0 Å². The number of hydrogen-bond donors (Lipinski definition) is 1. The molecule has 9 heteroatoms. The topological polar surface area (TPSA) is 92.3 Å². The zero-order valence-corrected chi connectivity index (χ0v) is 19.7. The Bertz CT molecular complexity index is 1180. The standard InChI is InChI=1S/C23H26N4O3S2/c1-16(2)17-10-12-20(13-11-17)32(29,30)27-14-6-7-18(15-27)22-25-26-23(31-22)21(28)24-19-8-4-3-5-9-19/h3-5,8-13,16,18H,6-7,14-15H2,1-2H3,(H,24,28)/t18-/m0/s1. The summed E-state index contributed by atoms with van der Waals surface area (Å²) in [6.45, 7) is 4.97. The van der Waals surface area contributed by atoms with Crippen LogP contribution in [0.2, 0.25) is 0 Å². The summed E-state index contributed by atoms with van der Waals surface area (Å²) in [5.41, 5.74) is 1.79. The number of rotatable bonds is 6. The molecule has 2 heterocycles. The number of sulfonamides is 1. The molecule has 1 saturated heterocycles. The third-order valence-electron chi connectivity index (χ3n) is 5.58. The first-order valence-corrected chi connectivity index (χ1v) is 12.9. The zero-order valence-electron chi connectivity index (χ0n) is 18.1. The summed E-state index contributed by atoms with van der Waals surface area (Å²) in [5, 5.41) is 12.0. The van der Waals surface area contributed by atoms with Crippen LogP contribution in [0.15, 0.2) is 59.5 Å². The molecule has 0 aliphatic carbocycles. The number of hydrogen-bond acceptors (Lipinski definition) is 6. The predicted molar refractivity (Wildman–Crippen MR) is 126 cm³/mol. The van der Waals surface area contributed by atoms with Gasteiger partial charge in [0, 0.05) is 24.7 Å². The Hall–Kier alpha value is -2.62. The van der Waals surface area contributed by atoms with Crippen LogP contribution < -0.4 is 5.32 Å². The average molecular weight is 471 g/mol. The van der Waals surface area contributed by atoms with Crippen LogP contribution in [0.4, 0.5) is 5.69 Å². The lowest BCUT2D eigenvalue weighted by molar-refractivity contribution is 0.102. The maximum absolute atomic E-state index is 13.2. The smallest absolute Gasteiger partial charge is 0.286 e. The highest BCUT2D eigenvalue weighted by molar-refractivity contribution is 7.89. The second kappa shape index (κ2) is 9.48. The Morgan fingerprint density at radius 3 is 2.50 bits per heavy atom. The van der Waals surface area contributed by atoms with E-state index in [9.17, 15) is 13.2 Å². The lowest BCUT2D eigenvalue weighted by Crippen LogP contribution is -2.39. The number of anilines is 1. The second-order valence-corrected chi connectivity index (χ2v) is 11.1. The van der Waals surface area contributed by atoms with Gasteiger partial charge in [0.2, 0.25) is 15.0 Å². The van der Waals surface area contributed by atoms with Crippen molar-refractivity contribution in [2.45, 2.75) is 43.4 Å². The fourth-order valence-electron chi connectivity index (χ4n) is 3.73. The number of nitrogens with zero attached hydrogens (tertiary/aromatic N) is 3. The van der Waals surface area contributed by atoms with Crippen LogP contribution in [0.5, 0.6) is 0 Å². The van der Waals surface area contributed by atoms with E-state index in [0.717, 1.165) is 18.4 Å². The number of para-hydroxylation sites is 1. The summed E-state index contributed by atoms with van der Waals surface area (Å²) in [6.07, 6.45) is 1.55. The molecule has 1 aliphatic heterocycles. The van der Waals surface area contributed by atoms with Crippen LogP contribution >= 0.6 is 11.3 Å². The summed E-state index contributed by atoms with van der Waals surface area (Å²) < 4.78 is 27.9. The molecule has 168 valence electrons. The second-order valence-electron chi connectivity index (χ2n) is 8.19. The molecule has 0 radical (unpaired) electrons. The third kappa shape index (κ3) is 4.90. The average Bonchev–Trinajstić information content (AvgIpc) is 3.30. The van der Waals surface area contributed by atoms with E-state index in [1.165, 1.54) is 15.6 Å². The van der Waals surface area contributed by atoms with E-state index in [4.69, 9.17) is 0 Å². The van der Waals surface area contributed by atoms with Crippen molar-refractivity contribution in [3.8, 4) is 0 Å². The van der Waals surface area contributed by atoms with Crippen LogP contribution in [0.3, 0.4) is 0 Å². The molecular formula is C23H26N4O3S2. The fraction of sp³-hybridized carbons (Fsp3) is 0.348. The molecule has 1 fully saturated rings. The van der Waals surface area contributed by atoms with E-state index >= 15 is 0 Å². The summed E-state index contributed by atoms with van der Waals surface area (Å²) in [4.78, 5) is 12.8. The van der Waals surface area contributed by atoms with E-state index in [-0.39, 0.29) is 16.8 Å². The maximum Gasteiger partial charge on any atom is 0.286 e. The lowest BCUT2D eigenvalue weighted by Gasteiger charge is -2.30. The maximum atomic E-state index is 13.2. The minimum atomic E-state index is -3.59. The highest BCUT2D eigenvalue weighted by Gasteiger charge is 2.32.